The van der Waals surface area contributed by atoms with Crippen LogP contribution in [0.25, 0.3) is 10.1 Å². The first-order chi connectivity index (χ1) is 6.74. The molecular weight excluding hydrogens is 326 g/mol. The highest BCUT2D eigenvalue weighted by Crippen LogP contribution is 2.36. The second-order valence-corrected chi connectivity index (χ2v) is 5.44. The molecule has 4 heteroatoms. The molecule has 1 aromatic carbocycles. The largest absolute Gasteiger partial charge is 0.198 e. The van der Waals surface area contributed by atoms with Crippen LogP contribution in [-0.2, 0) is 6.42 Å². The van der Waals surface area contributed by atoms with Crippen LogP contribution in [0.3, 0.4) is 0 Å². The van der Waals surface area contributed by atoms with Crippen LogP contribution in [-0.4, -0.2) is 0 Å². The molecule has 0 aliphatic rings. The third kappa shape index (κ3) is 1.60. The summed E-state index contributed by atoms with van der Waals surface area (Å²) in [5.41, 5.74) is 1.08. The topological polar surface area (TPSA) is 23.8 Å². The molecule has 0 saturated heterocycles. The Morgan fingerprint density at radius 1 is 1.36 bits per heavy atom. The molecule has 0 bridgehead atoms. The number of hydrogen-bond acceptors (Lipinski definition) is 2. The smallest absolute Gasteiger partial charge is 0.0670 e. The van der Waals surface area contributed by atoms with Gasteiger partial charge in [-0.25, -0.2) is 0 Å². The van der Waals surface area contributed by atoms with Crippen molar-refractivity contribution in [3.05, 3.63) is 32.0 Å². The second-order valence-electron chi connectivity index (χ2n) is 2.82. The average molecular weight is 331 g/mol. The second kappa shape index (κ2) is 4.01. The molecule has 0 N–H and O–H groups in total. The van der Waals surface area contributed by atoms with E-state index in [9.17, 15) is 0 Å². The highest BCUT2D eigenvalue weighted by atomic mass is 79.9. The van der Waals surface area contributed by atoms with E-state index in [0.29, 0.717) is 6.42 Å². The molecule has 0 aliphatic heterocycles. The first kappa shape index (κ1) is 10.2. The van der Waals surface area contributed by atoms with Crippen molar-refractivity contribution in [3.8, 4) is 6.07 Å². The Morgan fingerprint density at radius 2 is 2.14 bits per heavy atom. The number of fused-ring (bicyclic) bond motifs is 1. The maximum Gasteiger partial charge on any atom is 0.0670 e. The minimum absolute atomic E-state index is 0.446. The van der Waals surface area contributed by atoms with Gasteiger partial charge in [-0.05, 0) is 44.4 Å². The van der Waals surface area contributed by atoms with Crippen LogP contribution in [0, 0.1) is 11.3 Å². The summed E-state index contributed by atoms with van der Waals surface area (Å²) >= 11 is 8.67. The van der Waals surface area contributed by atoms with Crippen molar-refractivity contribution < 1.29 is 0 Å². The minimum atomic E-state index is 0.446. The van der Waals surface area contributed by atoms with E-state index in [1.807, 2.05) is 11.4 Å². The maximum atomic E-state index is 8.73. The normalized spacial score (nSPS) is 10.4. The summed E-state index contributed by atoms with van der Waals surface area (Å²) in [5, 5.41) is 11.9. The van der Waals surface area contributed by atoms with Gasteiger partial charge in [0, 0.05) is 13.6 Å². The lowest BCUT2D eigenvalue weighted by Gasteiger charge is -2.03. The monoisotopic (exact) mass is 329 g/mol. The standard InChI is InChI=1S/C10H5Br2NS/c11-8-5-9(12)10-7(2-4-14-10)6(8)1-3-13/h2,4-5H,1H2. The van der Waals surface area contributed by atoms with Gasteiger partial charge < -0.3 is 0 Å². The van der Waals surface area contributed by atoms with Crippen molar-refractivity contribution in [1.82, 2.24) is 0 Å². The summed E-state index contributed by atoms with van der Waals surface area (Å²) in [5.74, 6) is 0. The molecule has 0 atom stereocenters. The number of nitriles is 1. The van der Waals surface area contributed by atoms with Gasteiger partial charge in [0.2, 0.25) is 0 Å². The van der Waals surface area contributed by atoms with Crippen LogP contribution in [0.15, 0.2) is 26.5 Å². The van der Waals surface area contributed by atoms with Gasteiger partial charge in [-0.2, -0.15) is 5.26 Å². The van der Waals surface area contributed by atoms with E-state index in [1.54, 1.807) is 11.3 Å². The highest BCUT2D eigenvalue weighted by Gasteiger charge is 2.09. The predicted octanol–water partition coefficient (Wildman–Crippen LogP) is 4.49. The SMILES string of the molecule is N#CCc1c(Br)cc(Br)c2sccc12. The Balaban J connectivity index is 2.81. The van der Waals surface area contributed by atoms with Gasteiger partial charge in [0.15, 0.2) is 0 Å². The molecule has 1 nitrogen and oxygen atoms in total. The van der Waals surface area contributed by atoms with Crippen LogP contribution in [0.4, 0.5) is 0 Å². The molecule has 0 radical (unpaired) electrons. The predicted molar refractivity (Wildman–Crippen MR) is 66.5 cm³/mol. The fraction of sp³-hybridized carbons (Fsp3) is 0.100. The highest BCUT2D eigenvalue weighted by molar-refractivity contribution is 9.11. The molecule has 0 amide bonds. The first-order valence-corrected chi connectivity index (χ1v) is 6.41. The Labute approximate surface area is 103 Å². The minimum Gasteiger partial charge on any atom is -0.198 e. The van der Waals surface area contributed by atoms with Gasteiger partial charge in [0.05, 0.1) is 12.5 Å². The summed E-state index contributed by atoms with van der Waals surface area (Å²) in [6.07, 6.45) is 0.446. The first-order valence-electron chi connectivity index (χ1n) is 3.95. The van der Waals surface area contributed by atoms with Crippen molar-refractivity contribution in [3.63, 3.8) is 0 Å². The van der Waals surface area contributed by atoms with Crippen LogP contribution in [0.5, 0.6) is 0 Å². The van der Waals surface area contributed by atoms with Crippen LogP contribution in [0.2, 0.25) is 0 Å². The van der Waals surface area contributed by atoms with E-state index in [-0.39, 0.29) is 0 Å². The number of rotatable bonds is 1. The van der Waals surface area contributed by atoms with E-state index < -0.39 is 0 Å². The lowest BCUT2D eigenvalue weighted by Crippen LogP contribution is -1.85. The van der Waals surface area contributed by atoms with E-state index in [0.717, 1.165) is 19.9 Å². The van der Waals surface area contributed by atoms with E-state index >= 15 is 0 Å². The van der Waals surface area contributed by atoms with Crippen molar-refractivity contribution in [2.24, 2.45) is 0 Å². The number of hydrogen-bond donors (Lipinski definition) is 0. The Morgan fingerprint density at radius 3 is 2.86 bits per heavy atom. The van der Waals surface area contributed by atoms with Gasteiger partial charge in [-0.15, -0.1) is 11.3 Å². The van der Waals surface area contributed by atoms with Crippen LogP contribution < -0.4 is 0 Å². The molecule has 0 saturated carbocycles. The maximum absolute atomic E-state index is 8.73. The summed E-state index contributed by atoms with van der Waals surface area (Å²) < 4.78 is 3.28. The third-order valence-corrected chi connectivity index (χ3v) is 4.55. The molecule has 1 heterocycles. The van der Waals surface area contributed by atoms with Gasteiger partial charge in [0.1, 0.15) is 0 Å². The molecule has 14 heavy (non-hydrogen) atoms. The molecule has 2 rings (SSSR count). The van der Waals surface area contributed by atoms with E-state index in [2.05, 4.69) is 44.0 Å². The molecule has 0 aliphatic carbocycles. The lowest BCUT2D eigenvalue weighted by molar-refractivity contribution is 1.27. The number of thiophene rings is 1. The van der Waals surface area contributed by atoms with Crippen molar-refractivity contribution in [1.29, 1.82) is 5.26 Å². The van der Waals surface area contributed by atoms with Crippen LogP contribution in [0.1, 0.15) is 5.56 Å². The molecule has 0 unspecified atom stereocenters. The molecule has 1 aromatic heterocycles. The summed E-state index contributed by atoms with van der Waals surface area (Å²) in [4.78, 5) is 0. The fourth-order valence-electron chi connectivity index (χ4n) is 1.38. The zero-order valence-electron chi connectivity index (χ0n) is 7.05. The van der Waals surface area contributed by atoms with Gasteiger partial charge in [-0.3, -0.25) is 0 Å². The average Bonchev–Trinajstić information content (AvgIpc) is 2.60. The van der Waals surface area contributed by atoms with Gasteiger partial charge in [0.25, 0.3) is 0 Å². The third-order valence-electron chi connectivity index (χ3n) is 2.00. The number of halogens is 2. The van der Waals surface area contributed by atoms with E-state index in [1.165, 1.54) is 4.70 Å². The quantitative estimate of drug-likeness (QED) is 0.755. The van der Waals surface area contributed by atoms with Crippen molar-refractivity contribution in [2.75, 3.05) is 0 Å². The Bertz CT molecular complexity index is 525. The summed E-state index contributed by atoms with van der Waals surface area (Å²) in [6, 6.07) is 6.25. The van der Waals surface area contributed by atoms with E-state index in [4.69, 9.17) is 5.26 Å². The number of nitrogens with zero attached hydrogens (tertiary/aromatic N) is 1. The van der Waals surface area contributed by atoms with Crippen molar-refractivity contribution >= 4 is 53.3 Å². The Kier molecular flexibility index (Phi) is 2.91. The van der Waals surface area contributed by atoms with Crippen molar-refractivity contribution in [2.45, 2.75) is 6.42 Å². The zero-order chi connectivity index (χ0) is 10.1. The molecule has 0 fully saturated rings. The summed E-state index contributed by atoms with van der Waals surface area (Å²) in [6.45, 7) is 0. The lowest BCUT2D eigenvalue weighted by atomic mass is 10.1. The molecule has 70 valence electrons. The molecular formula is C10H5Br2NS. The van der Waals surface area contributed by atoms with Gasteiger partial charge in [-0.1, -0.05) is 15.9 Å². The Hall–Kier alpha value is -0.370. The molecule has 0 spiro atoms. The van der Waals surface area contributed by atoms with Crippen LogP contribution >= 0.6 is 43.2 Å². The number of benzene rings is 1. The van der Waals surface area contributed by atoms with Gasteiger partial charge >= 0.3 is 0 Å². The summed E-state index contributed by atoms with van der Waals surface area (Å²) in [7, 11) is 0. The molecule has 2 aromatic rings. The zero-order valence-corrected chi connectivity index (χ0v) is 11.0. The fourth-order valence-corrected chi connectivity index (χ4v) is 3.83.